The van der Waals surface area contributed by atoms with Crippen LogP contribution in [-0.4, -0.2) is 111 Å². The molecule has 408 valence electrons. The molecule has 2 atom stereocenters. The van der Waals surface area contributed by atoms with E-state index in [0.717, 1.165) is 89.1 Å². The molecular weight excluding hydrogens is 984 g/mol. The summed E-state index contributed by atoms with van der Waals surface area (Å²) < 4.78 is 57.5. The van der Waals surface area contributed by atoms with Crippen molar-refractivity contribution in [1.29, 1.82) is 0 Å². The molecule has 4 N–H and O–H groups in total. The third-order valence-corrected chi connectivity index (χ3v) is 19.0. The Hall–Kier alpha value is -5.43. The van der Waals surface area contributed by atoms with Crippen LogP contribution in [0.25, 0.3) is 11.4 Å². The van der Waals surface area contributed by atoms with Gasteiger partial charge in [0.05, 0.1) is 37.2 Å². The van der Waals surface area contributed by atoms with Crippen molar-refractivity contribution in [1.82, 2.24) is 24.5 Å². The van der Waals surface area contributed by atoms with Crippen molar-refractivity contribution in [2.24, 2.45) is 17.3 Å². The van der Waals surface area contributed by atoms with E-state index in [-0.39, 0.29) is 56.2 Å². The van der Waals surface area contributed by atoms with Gasteiger partial charge in [0.25, 0.3) is 21.8 Å². The lowest BCUT2D eigenvalue weighted by atomic mass is 9.59. The SMILES string of the molecule is C=C1C=C(F)c2cc(Oc3cc(N4CCC5(CC4)CC(N4CCN(CC6CCCCC6)C[C@H]4c4ccccc4C(C)C)C5)ccc3C(=O)NS(=O)(=O)c3cnc(NCC4CCC(C)(O)CC4)c([NH+](C)[O-])c3)c(OC)nc21. The lowest BCUT2D eigenvalue weighted by Crippen LogP contribution is -2.98. The van der Waals surface area contributed by atoms with Crippen LogP contribution in [0.1, 0.15) is 149 Å². The molecule has 4 heterocycles. The predicted octanol–water partition coefficient (Wildman–Crippen LogP) is 9.54. The Bertz CT molecular complexity index is 2930. The van der Waals surface area contributed by atoms with E-state index in [1.54, 1.807) is 12.1 Å². The first kappa shape index (κ1) is 53.9. The van der Waals surface area contributed by atoms with E-state index < -0.39 is 32.4 Å². The monoisotopic (exact) mass is 1060 g/mol. The minimum Gasteiger partial charge on any atom is -0.629 e. The van der Waals surface area contributed by atoms with E-state index in [0.29, 0.717) is 48.7 Å². The summed E-state index contributed by atoms with van der Waals surface area (Å²) in [6, 6.07) is 17.7. The van der Waals surface area contributed by atoms with Crippen LogP contribution in [0.15, 0.2) is 78.3 Å². The van der Waals surface area contributed by atoms with Crippen LogP contribution in [0.4, 0.5) is 21.6 Å². The van der Waals surface area contributed by atoms with Crippen LogP contribution in [0.2, 0.25) is 0 Å². The number of amides is 1. The number of benzene rings is 2. The van der Waals surface area contributed by atoms with Gasteiger partial charge in [-0.3, -0.25) is 14.6 Å². The average Bonchev–Trinajstić information content (AvgIpc) is 3.68. The summed E-state index contributed by atoms with van der Waals surface area (Å²) in [7, 11) is -1.85. The number of sulfonamides is 1. The molecule has 1 amide bonds. The average molecular weight is 1060 g/mol. The highest BCUT2D eigenvalue weighted by Crippen LogP contribution is 2.54. The van der Waals surface area contributed by atoms with Crippen molar-refractivity contribution in [2.75, 3.05) is 70.2 Å². The van der Waals surface area contributed by atoms with Crippen molar-refractivity contribution in [2.45, 2.75) is 133 Å². The van der Waals surface area contributed by atoms with Gasteiger partial charge in [0, 0.05) is 81.3 Å². The summed E-state index contributed by atoms with van der Waals surface area (Å²) in [5.74, 6) is 0.265. The number of hydrogen-bond acceptors (Lipinski definition) is 13. The number of ether oxygens (including phenoxy) is 2. The smallest absolute Gasteiger partial charge is 0.268 e. The molecule has 2 saturated heterocycles. The summed E-state index contributed by atoms with van der Waals surface area (Å²) >= 11 is 0. The number of carbonyl (C=O) groups excluding carboxylic acids is 1. The number of anilines is 2. The molecule has 5 fully saturated rings. The Morgan fingerprint density at radius 3 is 2.42 bits per heavy atom. The number of nitrogens with zero attached hydrogens (tertiary/aromatic N) is 5. The zero-order valence-electron chi connectivity index (χ0n) is 45.0. The highest BCUT2D eigenvalue weighted by Gasteiger charge is 2.50. The molecule has 4 aromatic rings. The van der Waals surface area contributed by atoms with Gasteiger partial charge in [-0.1, -0.05) is 64.0 Å². The molecule has 2 aromatic heterocycles. The fraction of sp³-hybridized carbons (Fsp3) is 0.542. The molecule has 1 spiro atoms. The Kier molecular flexibility index (Phi) is 15.7. The lowest BCUT2D eigenvalue weighted by molar-refractivity contribution is -0.751. The number of quaternary nitrogens is 1. The van der Waals surface area contributed by atoms with Gasteiger partial charge in [-0.25, -0.2) is 27.5 Å². The topological polar surface area (TPSA) is 177 Å². The number of methoxy groups -OCH3 is 1. The van der Waals surface area contributed by atoms with Crippen LogP contribution in [0, 0.1) is 22.5 Å². The molecule has 76 heavy (non-hydrogen) atoms. The lowest BCUT2D eigenvalue weighted by Gasteiger charge is -2.58. The molecule has 4 aliphatic carbocycles. The highest BCUT2D eigenvalue weighted by atomic mass is 32.2. The molecule has 0 bridgehead atoms. The minimum atomic E-state index is -4.59. The number of fused-ring (bicyclic) bond motifs is 1. The number of aliphatic hydroxyl groups is 1. The number of piperidine rings is 1. The van der Waals surface area contributed by atoms with Crippen molar-refractivity contribution >= 4 is 44.5 Å². The maximum atomic E-state index is 15.2. The second-order valence-electron chi connectivity index (χ2n) is 23.4. The fourth-order valence-corrected chi connectivity index (χ4v) is 14.1. The van der Waals surface area contributed by atoms with Crippen molar-refractivity contribution in [3.05, 3.63) is 107 Å². The molecule has 1 unspecified atom stereocenters. The van der Waals surface area contributed by atoms with Gasteiger partial charge in [0.2, 0.25) is 0 Å². The van der Waals surface area contributed by atoms with Crippen LogP contribution in [-0.2, 0) is 10.0 Å². The molecule has 10 rings (SSSR count). The van der Waals surface area contributed by atoms with E-state index in [1.807, 2.05) is 6.92 Å². The van der Waals surface area contributed by atoms with Crippen LogP contribution >= 0.6 is 0 Å². The number of hydrogen-bond donors (Lipinski definition) is 4. The normalized spacial score (nSPS) is 24.0. The molecule has 2 aliphatic heterocycles. The first-order valence-corrected chi connectivity index (χ1v) is 29.2. The second kappa shape index (κ2) is 22.1. The first-order valence-electron chi connectivity index (χ1n) is 27.7. The summed E-state index contributed by atoms with van der Waals surface area (Å²) in [4.78, 5) is 30.7. The third kappa shape index (κ3) is 11.6. The van der Waals surface area contributed by atoms with Gasteiger partial charge in [-0.15, -0.1) is 0 Å². The van der Waals surface area contributed by atoms with E-state index in [1.165, 1.54) is 88.2 Å². The van der Waals surface area contributed by atoms with Crippen LogP contribution < -0.4 is 29.5 Å². The Balaban J connectivity index is 0.859. The van der Waals surface area contributed by atoms with E-state index in [4.69, 9.17) is 9.47 Å². The predicted molar refractivity (Wildman–Crippen MR) is 295 cm³/mol. The van der Waals surface area contributed by atoms with Crippen molar-refractivity contribution in [3.63, 3.8) is 0 Å². The number of hydroxylamine groups is 1. The maximum absolute atomic E-state index is 15.2. The number of aromatic nitrogens is 2. The van der Waals surface area contributed by atoms with E-state index in [9.17, 15) is 23.5 Å². The molecule has 15 nitrogen and oxygen atoms in total. The second-order valence-corrected chi connectivity index (χ2v) is 25.1. The van der Waals surface area contributed by atoms with Gasteiger partial charge < -0.3 is 35.1 Å². The molecule has 2 aromatic carbocycles. The Morgan fingerprint density at radius 2 is 1.71 bits per heavy atom. The minimum absolute atomic E-state index is 0.0112. The summed E-state index contributed by atoms with van der Waals surface area (Å²) in [6.45, 7) is 16.9. The number of carbonyl (C=O) groups is 1. The van der Waals surface area contributed by atoms with Crippen LogP contribution in [0.3, 0.4) is 0 Å². The zero-order chi connectivity index (χ0) is 53.5. The number of piperazine rings is 1. The Labute approximate surface area is 448 Å². The number of nitrogens with one attached hydrogen (secondary N) is 3. The molecule has 3 saturated carbocycles. The van der Waals surface area contributed by atoms with E-state index >= 15 is 4.39 Å². The largest absolute Gasteiger partial charge is 0.629 e. The number of pyridine rings is 2. The van der Waals surface area contributed by atoms with E-state index in [2.05, 4.69) is 79.4 Å². The van der Waals surface area contributed by atoms with Gasteiger partial charge in [0.1, 0.15) is 16.5 Å². The molecule has 0 radical (unpaired) electrons. The summed E-state index contributed by atoms with van der Waals surface area (Å²) in [5, 5.41) is 26.1. The number of rotatable bonds is 16. The maximum Gasteiger partial charge on any atom is 0.268 e. The fourth-order valence-electron chi connectivity index (χ4n) is 13.1. The summed E-state index contributed by atoms with van der Waals surface area (Å²) in [6.07, 6.45) is 16.4. The van der Waals surface area contributed by atoms with Crippen LogP contribution in [0.5, 0.6) is 17.4 Å². The van der Waals surface area contributed by atoms with Gasteiger partial charge in [0.15, 0.2) is 17.3 Å². The van der Waals surface area contributed by atoms with Gasteiger partial charge >= 0.3 is 0 Å². The standard InChI is InChI=1S/C59H77FN8O7S/c1-38(2)45-14-10-11-15-46(45)51-37-66(36-41-12-8-7-9-13-41)26-27-68(51)43-32-59(33-43)22-24-67(25-23-59)42-16-17-47(52(29-42)75-53-31-48-49(60)28-39(3)54(48)63-57(53)74-6)56(69)64-76(72,73)44-30-50(65(5)71)55(62-35-44)61-34-40-18-20-58(4,70)21-19-40/h10-11,14-17,28-31,35,38,40-41,43,51,65,70H,3,7-9,12-13,18-27,32-34,36-37H2,1-2,4-6H3,(H,61,62)(H,64,69)/t40?,51-,58?/m0/s1. The van der Waals surface area contributed by atoms with Crippen molar-refractivity contribution < 1.29 is 37.2 Å². The molecule has 6 aliphatic rings. The number of allylic oxidation sites excluding steroid dienone is 2. The van der Waals surface area contributed by atoms with Gasteiger partial charge in [-0.05, 0) is 135 Å². The summed E-state index contributed by atoms with van der Waals surface area (Å²) in [5.41, 5.74) is 4.04. The molecular formula is C59H77FN8O7S. The quantitative estimate of drug-likeness (QED) is 0.0782. The Morgan fingerprint density at radius 1 is 0.974 bits per heavy atom. The first-order chi connectivity index (χ1) is 36.4. The third-order valence-electron chi connectivity index (χ3n) is 17.7. The van der Waals surface area contributed by atoms with Crippen molar-refractivity contribution in [3.8, 4) is 17.4 Å². The highest BCUT2D eigenvalue weighted by molar-refractivity contribution is 7.90. The molecule has 17 heteroatoms. The zero-order valence-corrected chi connectivity index (χ0v) is 45.8. The van der Waals surface area contributed by atoms with Gasteiger partial charge in [-0.2, -0.15) is 0 Å². The number of halogens is 1.